The standard InChI is InChI=1S/C29H30N4O8/c1-4-29(41-26(36)16(2)31-23(34)10-7-11-30-28(38)39-3)20-13-22-24-18(12-17-8-5-6-9-21(17)32-24)14-33(22)25(35)19(20)15-40-27(29)37/h5-6,8-9,12-13,16H,4,7,10-11,14-15H2,1-3H3,(H,30,38)(H,31,34)/t16?,29-/m0/s1. The second-order valence-corrected chi connectivity index (χ2v) is 9.99. The van der Waals surface area contributed by atoms with Gasteiger partial charge in [-0.3, -0.25) is 9.59 Å². The van der Waals surface area contributed by atoms with Crippen molar-refractivity contribution in [3.8, 4) is 11.4 Å². The van der Waals surface area contributed by atoms with E-state index in [1.807, 2.05) is 30.3 Å². The molecule has 0 spiro atoms. The van der Waals surface area contributed by atoms with Crippen molar-refractivity contribution in [1.29, 1.82) is 0 Å². The number of aromatic nitrogens is 2. The molecule has 0 saturated heterocycles. The van der Waals surface area contributed by atoms with Gasteiger partial charge in [0.25, 0.3) is 5.56 Å². The smallest absolute Gasteiger partial charge is 0.406 e. The quantitative estimate of drug-likeness (QED) is 0.187. The number of benzene rings is 1. The molecule has 2 aliphatic heterocycles. The summed E-state index contributed by atoms with van der Waals surface area (Å²) in [6, 6.07) is 10.2. The number of ether oxygens (including phenoxy) is 3. The van der Waals surface area contributed by atoms with Gasteiger partial charge < -0.3 is 29.4 Å². The first-order valence-corrected chi connectivity index (χ1v) is 13.4. The lowest BCUT2D eigenvalue weighted by Gasteiger charge is -2.36. The number of nitrogens with one attached hydrogen (secondary N) is 2. The molecule has 0 aliphatic carbocycles. The third-order valence-corrected chi connectivity index (χ3v) is 7.43. The van der Waals surface area contributed by atoms with Crippen molar-refractivity contribution in [3.05, 3.63) is 63.4 Å². The fraction of sp³-hybridized carbons (Fsp3) is 0.379. The van der Waals surface area contributed by atoms with Crippen LogP contribution in [0.3, 0.4) is 0 Å². The maximum absolute atomic E-state index is 13.6. The van der Waals surface area contributed by atoms with E-state index in [0.29, 0.717) is 24.4 Å². The van der Waals surface area contributed by atoms with E-state index in [2.05, 4.69) is 15.4 Å². The maximum atomic E-state index is 13.6. The summed E-state index contributed by atoms with van der Waals surface area (Å²) in [5.41, 5.74) is 1.06. The van der Waals surface area contributed by atoms with Crippen LogP contribution in [0.1, 0.15) is 49.8 Å². The number of carbonyl (C=O) groups is 4. The van der Waals surface area contributed by atoms with Gasteiger partial charge in [-0.05, 0) is 38.0 Å². The van der Waals surface area contributed by atoms with Crippen LogP contribution in [0.15, 0.2) is 41.2 Å². The summed E-state index contributed by atoms with van der Waals surface area (Å²) in [6.07, 6.45) is -0.244. The molecule has 2 aromatic heterocycles. The highest BCUT2D eigenvalue weighted by atomic mass is 16.6. The predicted octanol–water partition coefficient (Wildman–Crippen LogP) is 2.27. The predicted molar refractivity (Wildman–Crippen MR) is 146 cm³/mol. The Morgan fingerprint density at radius 3 is 2.73 bits per heavy atom. The van der Waals surface area contributed by atoms with Gasteiger partial charge in [0.1, 0.15) is 12.6 Å². The van der Waals surface area contributed by atoms with Gasteiger partial charge in [0.15, 0.2) is 0 Å². The summed E-state index contributed by atoms with van der Waals surface area (Å²) in [5.74, 6) is -2.09. The molecular weight excluding hydrogens is 532 g/mol. The summed E-state index contributed by atoms with van der Waals surface area (Å²) < 4.78 is 17.2. The SMILES string of the molecule is CC[C@@]1(OC(=O)C(C)NC(=O)CCCNC(=O)OC)C(=O)OCc2c1cc1n(c2=O)Cc2cc3ccccc3nc2-1. The van der Waals surface area contributed by atoms with Crippen LogP contribution < -0.4 is 16.2 Å². The fourth-order valence-corrected chi connectivity index (χ4v) is 5.23. The summed E-state index contributed by atoms with van der Waals surface area (Å²) in [7, 11) is 1.24. The van der Waals surface area contributed by atoms with E-state index in [4.69, 9.17) is 14.5 Å². The molecule has 2 amide bonds. The summed E-state index contributed by atoms with van der Waals surface area (Å²) in [5, 5.41) is 5.96. The van der Waals surface area contributed by atoms with Crippen LogP contribution in [0.4, 0.5) is 4.79 Å². The summed E-state index contributed by atoms with van der Waals surface area (Å²) in [6.45, 7) is 3.39. The minimum atomic E-state index is -1.87. The normalized spacial score (nSPS) is 17.5. The van der Waals surface area contributed by atoms with Crippen molar-refractivity contribution in [3.63, 3.8) is 0 Å². The van der Waals surface area contributed by atoms with Gasteiger partial charge in [0, 0.05) is 29.5 Å². The van der Waals surface area contributed by atoms with Crippen LogP contribution in [-0.4, -0.2) is 53.2 Å². The number of amides is 2. The highest BCUT2D eigenvalue weighted by molar-refractivity contribution is 5.90. The van der Waals surface area contributed by atoms with Crippen LogP contribution in [-0.2, 0) is 47.3 Å². The molecular formula is C29H30N4O8. The van der Waals surface area contributed by atoms with E-state index in [1.54, 1.807) is 17.6 Å². The average Bonchev–Trinajstić information content (AvgIpc) is 3.33. The molecule has 1 aromatic carbocycles. The van der Waals surface area contributed by atoms with Crippen LogP contribution in [0.5, 0.6) is 0 Å². The van der Waals surface area contributed by atoms with Crippen molar-refractivity contribution in [2.75, 3.05) is 13.7 Å². The minimum Gasteiger partial charge on any atom is -0.457 e. The monoisotopic (exact) mass is 562 g/mol. The van der Waals surface area contributed by atoms with Crippen LogP contribution in [0.25, 0.3) is 22.3 Å². The van der Waals surface area contributed by atoms with Crippen molar-refractivity contribution >= 4 is 34.8 Å². The third kappa shape index (κ3) is 5.01. The lowest BCUT2D eigenvalue weighted by atomic mass is 9.85. The van der Waals surface area contributed by atoms with Crippen molar-refractivity contribution in [1.82, 2.24) is 20.2 Å². The number of carbonyl (C=O) groups excluding carboxylic acids is 4. The lowest BCUT2D eigenvalue weighted by molar-refractivity contribution is -0.190. The fourth-order valence-electron chi connectivity index (χ4n) is 5.23. The molecule has 0 saturated carbocycles. The van der Waals surface area contributed by atoms with E-state index in [9.17, 15) is 24.0 Å². The van der Waals surface area contributed by atoms with Crippen molar-refractivity contribution in [2.24, 2.45) is 0 Å². The molecule has 3 aromatic rings. The largest absolute Gasteiger partial charge is 0.457 e. The molecule has 12 heteroatoms. The Bertz CT molecular complexity index is 1630. The van der Waals surface area contributed by atoms with Gasteiger partial charge in [-0.15, -0.1) is 0 Å². The molecule has 2 aliphatic rings. The van der Waals surface area contributed by atoms with Gasteiger partial charge in [-0.1, -0.05) is 25.1 Å². The molecule has 41 heavy (non-hydrogen) atoms. The lowest BCUT2D eigenvalue weighted by Crippen LogP contribution is -2.50. The number of alkyl carbamates (subject to hydrolysis) is 1. The Hall–Kier alpha value is -4.74. The zero-order valence-corrected chi connectivity index (χ0v) is 22.9. The highest BCUT2D eigenvalue weighted by Gasteiger charge is 2.51. The number of esters is 2. The second kappa shape index (κ2) is 11.0. The minimum absolute atomic E-state index is 0.00529. The number of methoxy groups -OCH3 is 1. The molecule has 5 rings (SSSR count). The molecule has 0 radical (unpaired) electrons. The highest BCUT2D eigenvalue weighted by Crippen LogP contribution is 2.41. The number of fused-ring (bicyclic) bond motifs is 5. The number of hydrogen-bond acceptors (Lipinski definition) is 9. The van der Waals surface area contributed by atoms with E-state index < -0.39 is 35.6 Å². The first-order valence-electron chi connectivity index (χ1n) is 13.4. The van der Waals surface area contributed by atoms with Crippen LogP contribution >= 0.6 is 0 Å². The molecule has 0 bridgehead atoms. The van der Waals surface area contributed by atoms with Crippen molar-refractivity contribution < 1.29 is 33.4 Å². The zero-order chi connectivity index (χ0) is 29.3. The number of cyclic esters (lactones) is 1. The topological polar surface area (TPSA) is 155 Å². The Morgan fingerprint density at radius 1 is 1.20 bits per heavy atom. The van der Waals surface area contributed by atoms with Crippen LogP contribution in [0, 0.1) is 0 Å². The van der Waals surface area contributed by atoms with E-state index in [-0.39, 0.29) is 42.7 Å². The molecule has 214 valence electrons. The van der Waals surface area contributed by atoms with Gasteiger partial charge in [-0.25, -0.2) is 19.4 Å². The van der Waals surface area contributed by atoms with Crippen LogP contribution in [0.2, 0.25) is 0 Å². The summed E-state index contributed by atoms with van der Waals surface area (Å²) >= 11 is 0. The van der Waals surface area contributed by atoms with Crippen molar-refractivity contribution in [2.45, 2.75) is 57.9 Å². The van der Waals surface area contributed by atoms with E-state index in [1.165, 1.54) is 14.0 Å². The van der Waals surface area contributed by atoms with Gasteiger partial charge >= 0.3 is 18.0 Å². The number of pyridine rings is 2. The number of rotatable bonds is 8. The third-order valence-electron chi connectivity index (χ3n) is 7.43. The van der Waals surface area contributed by atoms with E-state index in [0.717, 1.165) is 16.5 Å². The zero-order valence-electron chi connectivity index (χ0n) is 22.9. The first kappa shape index (κ1) is 27.8. The molecule has 4 heterocycles. The molecule has 0 fully saturated rings. The Morgan fingerprint density at radius 2 is 1.98 bits per heavy atom. The second-order valence-electron chi connectivity index (χ2n) is 9.99. The molecule has 2 atom stereocenters. The summed E-state index contributed by atoms with van der Waals surface area (Å²) in [4.78, 5) is 68.3. The van der Waals surface area contributed by atoms with Gasteiger partial charge in [0.2, 0.25) is 11.5 Å². The average molecular weight is 563 g/mol. The maximum Gasteiger partial charge on any atom is 0.406 e. The van der Waals surface area contributed by atoms with E-state index >= 15 is 0 Å². The number of nitrogens with zero attached hydrogens (tertiary/aromatic N) is 2. The Kier molecular flexibility index (Phi) is 7.48. The molecule has 12 nitrogen and oxygen atoms in total. The molecule has 1 unspecified atom stereocenters. The number of hydrogen-bond donors (Lipinski definition) is 2. The molecule has 2 N–H and O–H groups in total. The van der Waals surface area contributed by atoms with Gasteiger partial charge in [0.05, 0.1) is 36.1 Å². The Labute approximate surface area is 235 Å². The Balaban J connectivity index is 1.41. The number of para-hydroxylation sites is 1. The first-order chi connectivity index (χ1) is 19.7. The van der Waals surface area contributed by atoms with Gasteiger partial charge in [-0.2, -0.15) is 0 Å².